The van der Waals surface area contributed by atoms with Crippen molar-refractivity contribution in [2.45, 2.75) is 58.5 Å². The molecule has 0 unspecified atom stereocenters. The summed E-state index contributed by atoms with van der Waals surface area (Å²) in [5.41, 5.74) is 3.20. The molecule has 1 saturated heterocycles. The summed E-state index contributed by atoms with van der Waals surface area (Å²) in [5.74, 6) is 1.52. The van der Waals surface area contributed by atoms with Gasteiger partial charge in [-0.1, -0.05) is 49.8 Å². The SMILES string of the molecule is CCC[C@H](CCC/C=C/N(C(=O)NCc1ccccc1)c1ccc(-c2cnn(C)c2)cn1)Nc1ncc(C#N)c(N2CCN(S(=O)(=O)CC)CC2)n1. The van der Waals surface area contributed by atoms with E-state index >= 15 is 0 Å². The van der Waals surface area contributed by atoms with Crippen LogP contribution < -0.4 is 20.4 Å². The predicted molar refractivity (Wildman–Crippen MR) is 203 cm³/mol. The Morgan fingerprint density at radius 3 is 2.46 bits per heavy atom. The Hall–Kier alpha value is -5.33. The summed E-state index contributed by atoms with van der Waals surface area (Å²) in [6.07, 6.45) is 15.0. The van der Waals surface area contributed by atoms with Gasteiger partial charge in [0, 0.05) is 75.5 Å². The molecule has 5 rings (SSSR count). The third-order valence-corrected chi connectivity index (χ3v) is 10.8. The van der Waals surface area contributed by atoms with E-state index in [4.69, 9.17) is 4.98 Å². The number of carbonyl (C=O) groups excluding carboxylic acids is 1. The second-order valence-corrected chi connectivity index (χ2v) is 14.9. The molecule has 0 bridgehead atoms. The lowest BCUT2D eigenvalue weighted by molar-refractivity contribution is 0.247. The van der Waals surface area contributed by atoms with Gasteiger partial charge in [0.25, 0.3) is 0 Å². The second kappa shape index (κ2) is 18.2. The van der Waals surface area contributed by atoms with Gasteiger partial charge in [-0.05, 0) is 50.3 Å². The lowest BCUT2D eigenvalue weighted by Gasteiger charge is -2.34. The van der Waals surface area contributed by atoms with Gasteiger partial charge in [0.1, 0.15) is 17.5 Å². The van der Waals surface area contributed by atoms with E-state index < -0.39 is 10.0 Å². The lowest BCUT2D eigenvalue weighted by Crippen LogP contribution is -2.49. The number of unbranched alkanes of at least 4 members (excludes halogenated alkanes) is 1. The molecular formula is C37H47N11O3S. The molecule has 15 heteroatoms. The number of aromatic nitrogens is 5. The van der Waals surface area contributed by atoms with Crippen LogP contribution in [0.4, 0.5) is 22.4 Å². The molecule has 1 atom stereocenters. The molecule has 4 aromatic rings. The highest BCUT2D eigenvalue weighted by atomic mass is 32.2. The van der Waals surface area contributed by atoms with Crippen LogP contribution in [0.25, 0.3) is 11.1 Å². The quantitative estimate of drug-likeness (QED) is 0.145. The highest BCUT2D eigenvalue weighted by Gasteiger charge is 2.27. The molecule has 1 fully saturated rings. The lowest BCUT2D eigenvalue weighted by atomic mass is 10.1. The van der Waals surface area contributed by atoms with Crippen molar-refractivity contribution in [2.24, 2.45) is 7.05 Å². The van der Waals surface area contributed by atoms with Crippen LogP contribution in [0.15, 0.2) is 79.5 Å². The standard InChI is InChI=1S/C37H47N11O3S/c1-4-12-33(43-36-40-26-31(23-38)35(44-36)46-19-21-47(22-20-46)52(50,51)5-2)15-10-7-11-18-48(37(49)41-24-29-13-8-6-9-14-29)34-17-16-30(25-39-34)32-27-42-45(3)28-32/h6,8-9,11,13-14,16-18,25-28,33H,4-5,7,10,12,15,19-22,24H2,1-3H3,(H,41,49)(H,40,43,44)/b18-11+/t33-/m1/s1. The summed E-state index contributed by atoms with van der Waals surface area (Å²) in [4.78, 5) is 30.7. The maximum atomic E-state index is 13.4. The molecule has 1 aromatic carbocycles. The molecule has 2 N–H and O–H groups in total. The molecular weight excluding hydrogens is 679 g/mol. The third kappa shape index (κ3) is 10.1. The molecule has 4 heterocycles. The summed E-state index contributed by atoms with van der Waals surface area (Å²) < 4.78 is 27.9. The Balaban J connectivity index is 1.21. The van der Waals surface area contributed by atoms with Gasteiger partial charge >= 0.3 is 6.03 Å². The molecule has 0 spiro atoms. The van der Waals surface area contributed by atoms with Gasteiger partial charge in [-0.2, -0.15) is 19.6 Å². The van der Waals surface area contributed by atoms with Crippen LogP contribution in [-0.2, 0) is 23.6 Å². The first-order chi connectivity index (χ1) is 25.2. The molecule has 2 amide bonds. The van der Waals surface area contributed by atoms with Crippen LogP contribution >= 0.6 is 0 Å². The Kier molecular flexibility index (Phi) is 13.3. The number of urea groups is 1. The number of carbonyl (C=O) groups is 1. The topological polar surface area (TPSA) is 165 Å². The van der Waals surface area contributed by atoms with E-state index in [1.54, 1.807) is 30.2 Å². The molecule has 274 valence electrons. The van der Waals surface area contributed by atoms with Gasteiger partial charge in [-0.3, -0.25) is 9.58 Å². The van der Waals surface area contributed by atoms with E-state index in [-0.39, 0.29) is 17.8 Å². The molecule has 14 nitrogen and oxygen atoms in total. The van der Waals surface area contributed by atoms with Crippen molar-refractivity contribution in [3.8, 4) is 17.2 Å². The average Bonchev–Trinajstić information content (AvgIpc) is 3.62. The number of pyridine rings is 1. The smallest absolute Gasteiger partial charge is 0.327 e. The summed E-state index contributed by atoms with van der Waals surface area (Å²) in [6, 6.07) is 15.5. The van der Waals surface area contributed by atoms with Crippen LogP contribution in [0.1, 0.15) is 57.1 Å². The number of benzene rings is 1. The molecule has 3 aromatic heterocycles. The molecule has 52 heavy (non-hydrogen) atoms. The maximum absolute atomic E-state index is 13.4. The van der Waals surface area contributed by atoms with Crippen LogP contribution in [0.3, 0.4) is 0 Å². The highest BCUT2D eigenvalue weighted by molar-refractivity contribution is 7.89. The normalized spacial score (nSPS) is 14.2. The average molecular weight is 726 g/mol. The number of anilines is 3. The summed E-state index contributed by atoms with van der Waals surface area (Å²) in [6.45, 7) is 5.74. The van der Waals surface area contributed by atoms with Crippen LogP contribution in [0.5, 0.6) is 0 Å². The Morgan fingerprint density at radius 1 is 1.02 bits per heavy atom. The number of allylic oxidation sites excluding steroid dienone is 1. The zero-order valence-corrected chi connectivity index (χ0v) is 30.8. The molecule has 1 aliphatic rings. The van der Waals surface area contributed by atoms with Crippen molar-refractivity contribution < 1.29 is 13.2 Å². The summed E-state index contributed by atoms with van der Waals surface area (Å²) in [5, 5.41) is 20.5. The first kappa shape index (κ1) is 37.9. The number of aryl methyl sites for hydroxylation is 1. The minimum Gasteiger partial charge on any atom is -0.353 e. The minimum absolute atomic E-state index is 0.0629. The Labute approximate surface area is 306 Å². The second-order valence-electron chi connectivity index (χ2n) is 12.6. The summed E-state index contributed by atoms with van der Waals surface area (Å²) in [7, 11) is -1.41. The number of nitriles is 1. The minimum atomic E-state index is -3.27. The largest absolute Gasteiger partial charge is 0.353 e. The molecule has 0 radical (unpaired) electrons. The Bertz CT molecular complexity index is 1940. The van der Waals surface area contributed by atoms with Gasteiger partial charge in [-0.25, -0.2) is 23.2 Å². The molecule has 0 saturated carbocycles. The first-order valence-electron chi connectivity index (χ1n) is 17.7. The van der Waals surface area contributed by atoms with Crippen molar-refractivity contribution in [2.75, 3.05) is 47.0 Å². The van der Waals surface area contributed by atoms with Crippen LogP contribution in [-0.4, -0.2) is 81.5 Å². The first-order valence-corrected chi connectivity index (χ1v) is 19.3. The van der Waals surface area contributed by atoms with Crippen molar-refractivity contribution in [3.63, 3.8) is 0 Å². The van der Waals surface area contributed by atoms with Crippen molar-refractivity contribution in [3.05, 3.63) is 90.7 Å². The van der Waals surface area contributed by atoms with Crippen molar-refractivity contribution >= 4 is 33.6 Å². The third-order valence-electron chi connectivity index (χ3n) is 8.87. The van der Waals surface area contributed by atoms with E-state index in [1.807, 2.05) is 66.7 Å². The number of hydrogen-bond donors (Lipinski definition) is 2. The van der Waals surface area contributed by atoms with Crippen LogP contribution in [0, 0.1) is 11.3 Å². The van der Waals surface area contributed by atoms with E-state index in [0.717, 1.165) is 48.8 Å². The molecule has 1 aliphatic heterocycles. The zero-order valence-electron chi connectivity index (χ0n) is 30.0. The number of hydrogen-bond acceptors (Lipinski definition) is 10. The van der Waals surface area contributed by atoms with Crippen molar-refractivity contribution in [1.29, 1.82) is 5.26 Å². The van der Waals surface area contributed by atoms with E-state index in [9.17, 15) is 18.5 Å². The number of nitrogens with one attached hydrogen (secondary N) is 2. The fourth-order valence-corrected chi connectivity index (χ4v) is 7.07. The van der Waals surface area contributed by atoms with Gasteiger partial charge in [0.2, 0.25) is 16.0 Å². The highest BCUT2D eigenvalue weighted by Crippen LogP contribution is 2.23. The van der Waals surface area contributed by atoms with Gasteiger partial charge in [-0.15, -0.1) is 0 Å². The number of piperazine rings is 1. The summed E-state index contributed by atoms with van der Waals surface area (Å²) >= 11 is 0. The number of nitrogens with zero attached hydrogens (tertiary/aromatic N) is 9. The monoisotopic (exact) mass is 725 g/mol. The number of sulfonamides is 1. The van der Waals surface area contributed by atoms with Gasteiger partial charge in [0.05, 0.1) is 18.1 Å². The van der Waals surface area contributed by atoms with E-state index in [0.29, 0.717) is 55.9 Å². The maximum Gasteiger partial charge on any atom is 0.327 e. The Morgan fingerprint density at radius 2 is 1.81 bits per heavy atom. The number of amides is 2. The van der Waals surface area contributed by atoms with Crippen molar-refractivity contribution in [1.82, 2.24) is 34.4 Å². The van der Waals surface area contributed by atoms with Gasteiger partial charge < -0.3 is 15.5 Å². The van der Waals surface area contributed by atoms with E-state index in [2.05, 4.69) is 38.7 Å². The number of rotatable bonds is 16. The van der Waals surface area contributed by atoms with Gasteiger partial charge in [0.15, 0.2) is 5.82 Å². The zero-order chi connectivity index (χ0) is 36.9. The molecule has 0 aliphatic carbocycles. The fraction of sp³-hybridized carbons (Fsp3) is 0.405. The van der Waals surface area contributed by atoms with Crippen LogP contribution in [0.2, 0.25) is 0 Å². The van der Waals surface area contributed by atoms with E-state index in [1.165, 1.54) is 15.4 Å². The predicted octanol–water partition coefficient (Wildman–Crippen LogP) is 5.30. The fourth-order valence-electron chi connectivity index (χ4n) is 5.98.